The Bertz CT molecular complexity index is 381. The van der Waals surface area contributed by atoms with Crippen molar-refractivity contribution < 1.29 is 17.9 Å². The molecule has 106 valence electrons. The lowest BCUT2D eigenvalue weighted by Crippen LogP contribution is -2.37. The highest BCUT2D eigenvalue weighted by atomic mass is 32.2. The van der Waals surface area contributed by atoms with E-state index in [1.54, 1.807) is 11.8 Å². The van der Waals surface area contributed by atoms with Crippen LogP contribution in [-0.4, -0.2) is 42.5 Å². The molecule has 4 nitrogen and oxygen atoms in total. The van der Waals surface area contributed by atoms with E-state index in [1.165, 1.54) is 0 Å². The maximum atomic E-state index is 11.7. The zero-order valence-corrected chi connectivity index (χ0v) is 12.9. The van der Waals surface area contributed by atoms with Crippen LogP contribution in [0.4, 0.5) is 0 Å². The minimum Gasteiger partial charge on any atom is -0.464 e. The van der Waals surface area contributed by atoms with Gasteiger partial charge in [-0.1, -0.05) is 27.2 Å². The van der Waals surface area contributed by atoms with Crippen LogP contribution < -0.4 is 0 Å². The molecule has 1 fully saturated rings. The number of sulfone groups is 1. The number of hydrogen-bond acceptors (Lipinski definition) is 5. The molecule has 0 aromatic heterocycles. The third kappa shape index (κ3) is 5.18. The van der Waals surface area contributed by atoms with E-state index in [2.05, 4.69) is 20.8 Å². The first kappa shape index (κ1) is 15.8. The van der Waals surface area contributed by atoms with Gasteiger partial charge in [-0.3, -0.25) is 4.79 Å². The molecule has 6 heteroatoms. The number of thioether (sulfide) groups is 1. The van der Waals surface area contributed by atoms with Crippen molar-refractivity contribution in [1.29, 1.82) is 0 Å². The lowest BCUT2D eigenvalue weighted by Gasteiger charge is -2.21. The lowest BCUT2D eigenvalue weighted by molar-refractivity contribution is -0.142. The second-order valence-corrected chi connectivity index (χ2v) is 9.70. The van der Waals surface area contributed by atoms with E-state index in [0.29, 0.717) is 18.6 Å². The normalized spacial score (nSPS) is 23.6. The molecule has 1 saturated heterocycles. The van der Waals surface area contributed by atoms with Gasteiger partial charge in [0.05, 0.1) is 5.75 Å². The SMILES string of the molecule is CC(C)(C)SCCOC(=O)C1CCCCS1(=O)=O. The van der Waals surface area contributed by atoms with Crippen LogP contribution in [0.2, 0.25) is 0 Å². The molecule has 0 N–H and O–H groups in total. The zero-order valence-electron chi connectivity index (χ0n) is 11.3. The minimum absolute atomic E-state index is 0.115. The number of rotatable bonds is 4. The van der Waals surface area contributed by atoms with Gasteiger partial charge in [-0.2, -0.15) is 11.8 Å². The van der Waals surface area contributed by atoms with Crippen molar-refractivity contribution in [1.82, 2.24) is 0 Å². The Morgan fingerprint density at radius 2 is 2.00 bits per heavy atom. The number of carbonyl (C=O) groups excluding carboxylic acids is 1. The van der Waals surface area contributed by atoms with Crippen molar-refractivity contribution >= 4 is 27.6 Å². The minimum atomic E-state index is -3.27. The molecule has 18 heavy (non-hydrogen) atoms. The Hall–Kier alpha value is -0.230. The van der Waals surface area contributed by atoms with Gasteiger partial charge >= 0.3 is 5.97 Å². The molecule has 0 spiro atoms. The van der Waals surface area contributed by atoms with Crippen molar-refractivity contribution in [3.8, 4) is 0 Å². The maximum Gasteiger partial charge on any atom is 0.324 e. The fraction of sp³-hybridized carbons (Fsp3) is 0.917. The molecule has 0 aromatic rings. The number of carbonyl (C=O) groups is 1. The van der Waals surface area contributed by atoms with Crippen LogP contribution in [-0.2, 0) is 19.4 Å². The Morgan fingerprint density at radius 3 is 2.56 bits per heavy atom. The first-order valence-corrected chi connectivity index (χ1v) is 8.95. The van der Waals surface area contributed by atoms with Crippen LogP contribution >= 0.6 is 11.8 Å². The van der Waals surface area contributed by atoms with Gasteiger partial charge in [0.15, 0.2) is 15.1 Å². The van der Waals surface area contributed by atoms with Gasteiger partial charge in [0.25, 0.3) is 0 Å². The Kier molecular flexibility index (Phi) is 5.52. The predicted molar refractivity (Wildman–Crippen MR) is 74.6 cm³/mol. The van der Waals surface area contributed by atoms with Crippen molar-refractivity contribution in [2.45, 2.75) is 50.0 Å². The zero-order chi connectivity index (χ0) is 13.8. The summed E-state index contributed by atoms with van der Waals surface area (Å²) in [6.45, 7) is 6.55. The second kappa shape index (κ2) is 6.28. The van der Waals surface area contributed by atoms with Crippen LogP contribution in [0.25, 0.3) is 0 Å². The Labute approximate surface area is 114 Å². The summed E-state index contributed by atoms with van der Waals surface area (Å²) in [6, 6.07) is 0. The topological polar surface area (TPSA) is 60.4 Å². The largest absolute Gasteiger partial charge is 0.464 e. The van der Waals surface area contributed by atoms with Crippen LogP contribution in [0, 0.1) is 0 Å². The summed E-state index contributed by atoms with van der Waals surface area (Å²) in [7, 11) is -3.27. The van der Waals surface area contributed by atoms with Gasteiger partial charge < -0.3 is 4.74 Å². The number of esters is 1. The molecule has 1 heterocycles. The summed E-state index contributed by atoms with van der Waals surface area (Å²) in [5, 5.41) is -0.925. The van der Waals surface area contributed by atoms with Crippen LogP contribution in [0.5, 0.6) is 0 Å². The summed E-state index contributed by atoms with van der Waals surface area (Å²) >= 11 is 1.70. The maximum absolute atomic E-state index is 11.7. The standard InChI is InChI=1S/C12H22O4S2/c1-12(2,3)17-8-7-16-11(13)10-6-4-5-9-18(10,14)15/h10H,4-9H2,1-3H3. The van der Waals surface area contributed by atoms with Crippen LogP contribution in [0.1, 0.15) is 40.0 Å². The average Bonchev–Trinajstić information content (AvgIpc) is 2.22. The summed E-state index contributed by atoms with van der Waals surface area (Å²) < 4.78 is 28.6. The van der Waals surface area contributed by atoms with Crippen molar-refractivity contribution in [2.75, 3.05) is 18.1 Å². The van der Waals surface area contributed by atoms with E-state index >= 15 is 0 Å². The van der Waals surface area contributed by atoms with E-state index in [4.69, 9.17) is 4.74 Å². The second-order valence-electron chi connectivity index (χ2n) is 5.48. The van der Waals surface area contributed by atoms with Gasteiger partial charge in [-0.15, -0.1) is 0 Å². The molecule has 0 aromatic carbocycles. The fourth-order valence-corrected chi connectivity index (χ4v) is 4.36. The molecule has 0 saturated carbocycles. The molecule has 1 rings (SSSR count). The Balaban J connectivity index is 2.37. The molecule has 1 unspecified atom stereocenters. The summed E-state index contributed by atoms with van der Waals surface area (Å²) in [4.78, 5) is 11.7. The number of ether oxygens (including phenoxy) is 1. The quantitative estimate of drug-likeness (QED) is 0.586. The van der Waals surface area contributed by atoms with Gasteiger partial charge in [0.1, 0.15) is 6.61 Å². The molecule has 0 bridgehead atoms. The highest BCUT2D eigenvalue weighted by Gasteiger charge is 2.35. The fourth-order valence-electron chi connectivity index (χ4n) is 1.80. The first-order valence-electron chi connectivity index (χ1n) is 6.24. The first-order chi connectivity index (χ1) is 8.22. The monoisotopic (exact) mass is 294 g/mol. The van der Waals surface area contributed by atoms with Gasteiger partial charge in [-0.25, -0.2) is 8.42 Å². The predicted octanol–water partition coefficient (Wildman–Crippen LogP) is 2.03. The van der Waals surface area contributed by atoms with E-state index in [9.17, 15) is 13.2 Å². The molecule has 0 amide bonds. The van der Waals surface area contributed by atoms with E-state index < -0.39 is 21.1 Å². The van der Waals surface area contributed by atoms with Crippen LogP contribution in [0.3, 0.4) is 0 Å². The van der Waals surface area contributed by atoms with Crippen molar-refractivity contribution in [2.24, 2.45) is 0 Å². The average molecular weight is 294 g/mol. The molecule has 0 radical (unpaired) electrons. The lowest BCUT2D eigenvalue weighted by atomic mass is 10.2. The van der Waals surface area contributed by atoms with Crippen LogP contribution in [0.15, 0.2) is 0 Å². The smallest absolute Gasteiger partial charge is 0.324 e. The van der Waals surface area contributed by atoms with E-state index in [-0.39, 0.29) is 17.1 Å². The van der Waals surface area contributed by atoms with E-state index in [0.717, 1.165) is 6.42 Å². The van der Waals surface area contributed by atoms with Gasteiger partial charge in [-0.05, 0) is 12.8 Å². The van der Waals surface area contributed by atoms with Gasteiger partial charge in [0, 0.05) is 10.5 Å². The highest BCUT2D eigenvalue weighted by molar-refractivity contribution is 8.00. The van der Waals surface area contributed by atoms with Crippen molar-refractivity contribution in [3.05, 3.63) is 0 Å². The molecule has 1 aliphatic heterocycles. The third-order valence-corrected chi connectivity index (χ3v) is 6.09. The van der Waals surface area contributed by atoms with Crippen molar-refractivity contribution in [3.63, 3.8) is 0 Å². The molecular formula is C12H22O4S2. The highest BCUT2D eigenvalue weighted by Crippen LogP contribution is 2.23. The number of hydrogen-bond donors (Lipinski definition) is 0. The molecule has 0 aliphatic carbocycles. The third-order valence-electron chi connectivity index (χ3n) is 2.70. The summed E-state index contributed by atoms with van der Waals surface area (Å²) in [6.07, 6.45) is 1.86. The Morgan fingerprint density at radius 1 is 1.33 bits per heavy atom. The van der Waals surface area contributed by atoms with Gasteiger partial charge in [0.2, 0.25) is 0 Å². The van der Waals surface area contributed by atoms with E-state index in [1.807, 2.05) is 0 Å². The molecule has 1 atom stereocenters. The summed E-state index contributed by atoms with van der Waals surface area (Å²) in [5.41, 5.74) is 0. The molecule has 1 aliphatic rings. The summed E-state index contributed by atoms with van der Waals surface area (Å²) in [5.74, 6) is 0.245. The molecular weight excluding hydrogens is 272 g/mol.